The first-order chi connectivity index (χ1) is 12.2. The van der Waals surface area contributed by atoms with Gasteiger partial charge < -0.3 is 9.47 Å². The summed E-state index contributed by atoms with van der Waals surface area (Å²) in [6, 6.07) is 3.20. The Balaban J connectivity index is 1.95. The molecule has 0 radical (unpaired) electrons. The summed E-state index contributed by atoms with van der Waals surface area (Å²) < 4.78 is 11.0. The number of anilines is 1. The Kier molecular flexibility index (Phi) is 3.95. The number of aromatic nitrogens is 1. The Labute approximate surface area is 168 Å². The number of hydrogen-bond donors (Lipinski definition) is 0. The number of fused-ring (bicyclic) bond motifs is 5. The minimum Gasteiger partial charge on any atom is -0.350 e. The highest BCUT2D eigenvalue weighted by molar-refractivity contribution is 6.54. The van der Waals surface area contributed by atoms with Crippen LogP contribution >= 0.6 is 46.4 Å². The minimum absolute atomic E-state index is 0.0602. The van der Waals surface area contributed by atoms with Gasteiger partial charge in [-0.15, -0.1) is 23.2 Å². The fourth-order valence-electron chi connectivity index (χ4n) is 4.45. The van der Waals surface area contributed by atoms with Crippen LogP contribution in [0.25, 0.3) is 0 Å². The highest BCUT2D eigenvalue weighted by Crippen LogP contribution is 2.75. The molecule has 6 nitrogen and oxygen atoms in total. The molecule has 0 unspecified atom stereocenters. The smallest absolute Gasteiger partial charge is 0.240 e. The van der Waals surface area contributed by atoms with Gasteiger partial charge in [0.1, 0.15) is 9.75 Å². The van der Waals surface area contributed by atoms with Gasteiger partial charge in [-0.05, 0) is 12.1 Å². The fourth-order valence-corrected chi connectivity index (χ4v) is 6.61. The number of methoxy groups -OCH3 is 2. The number of ether oxygens (including phenoxy) is 2. The van der Waals surface area contributed by atoms with Gasteiger partial charge in [0.05, 0.1) is 33.8 Å². The fraction of sp³-hybridized carbons (Fsp3) is 0.438. The Morgan fingerprint density at radius 3 is 1.92 bits per heavy atom. The molecule has 1 saturated carbocycles. The summed E-state index contributed by atoms with van der Waals surface area (Å²) in [6.07, 6.45) is 2.93. The molecule has 2 heterocycles. The second kappa shape index (κ2) is 5.56. The summed E-state index contributed by atoms with van der Waals surface area (Å²) in [7, 11) is 2.62. The zero-order valence-corrected chi connectivity index (χ0v) is 16.5. The van der Waals surface area contributed by atoms with E-state index in [1.807, 2.05) is 0 Å². The lowest BCUT2D eigenvalue weighted by molar-refractivity contribution is -0.221. The summed E-state index contributed by atoms with van der Waals surface area (Å²) >= 11 is 26.5. The number of imide groups is 1. The number of pyridine rings is 1. The van der Waals surface area contributed by atoms with Crippen LogP contribution in [0.1, 0.15) is 0 Å². The van der Waals surface area contributed by atoms with Crippen LogP contribution in [-0.4, -0.2) is 46.6 Å². The van der Waals surface area contributed by atoms with E-state index in [0.717, 1.165) is 4.90 Å². The minimum atomic E-state index is -1.78. The number of rotatable bonds is 3. The van der Waals surface area contributed by atoms with Crippen molar-refractivity contribution in [1.29, 1.82) is 0 Å². The first-order valence-electron chi connectivity index (χ1n) is 7.56. The zero-order chi connectivity index (χ0) is 19.1. The maximum Gasteiger partial charge on any atom is 0.240 e. The van der Waals surface area contributed by atoms with Crippen molar-refractivity contribution in [3.05, 3.63) is 34.6 Å². The Bertz CT molecular complexity index is 813. The average Bonchev–Trinajstić information content (AvgIpc) is 3.06. The van der Waals surface area contributed by atoms with Crippen molar-refractivity contribution in [2.45, 2.75) is 15.5 Å². The van der Waals surface area contributed by atoms with Gasteiger partial charge in [-0.1, -0.05) is 23.2 Å². The van der Waals surface area contributed by atoms with E-state index in [2.05, 4.69) is 4.98 Å². The largest absolute Gasteiger partial charge is 0.350 e. The van der Waals surface area contributed by atoms with Gasteiger partial charge in [-0.25, -0.2) is 4.90 Å². The molecule has 4 rings (SSSR count). The van der Waals surface area contributed by atoms with Gasteiger partial charge in [-0.3, -0.25) is 14.6 Å². The van der Waals surface area contributed by atoms with E-state index in [0.29, 0.717) is 5.69 Å². The summed E-state index contributed by atoms with van der Waals surface area (Å²) in [5.74, 6) is -5.12. The van der Waals surface area contributed by atoms with E-state index in [4.69, 9.17) is 55.9 Å². The van der Waals surface area contributed by atoms with Gasteiger partial charge in [-0.2, -0.15) is 0 Å². The zero-order valence-electron chi connectivity index (χ0n) is 13.5. The topological polar surface area (TPSA) is 68.7 Å². The van der Waals surface area contributed by atoms with Crippen LogP contribution in [0.2, 0.25) is 0 Å². The first kappa shape index (κ1) is 18.5. The molecule has 138 valence electrons. The highest BCUT2D eigenvalue weighted by atomic mass is 35.5. The summed E-state index contributed by atoms with van der Waals surface area (Å²) in [5, 5.41) is -0.120. The number of halogens is 4. The molecule has 3 aliphatic rings. The highest BCUT2D eigenvalue weighted by Gasteiger charge is 2.89. The van der Waals surface area contributed by atoms with Gasteiger partial charge >= 0.3 is 0 Å². The van der Waals surface area contributed by atoms with Crippen molar-refractivity contribution < 1.29 is 19.1 Å². The van der Waals surface area contributed by atoms with Crippen molar-refractivity contribution in [3.63, 3.8) is 0 Å². The van der Waals surface area contributed by atoms with Crippen LogP contribution < -0.4 is 4.90 Å². The number of amides is 2. The quantitative estimate of drug-likeness (QED) is 0.413. The average molecular weight is 438 g/mol. The maximum atomic E-state index is 13.2. The van der Waals surface area contributed by atoms with E-state index in [1.165, 1.54) is 26.6 Å². The molecular weight excluding hydrogens is 426 g/mol. The van der Waals surface area contributed by atoms with Crippen LogP contribution in [0.3, 0.4) is 0 Å². The lowest BCUT2D eigenvalue weighted by Gasteiger charge is -2.42. The van der Waals surface area contributed by atoms with E-state index >= 15 is 0 Å². The molecule has 2 amide bonds. The molecule has 1 aliphatic heterocycles. The van der Waals surface area contributed by atoms with Gasteiger partial charge in [0.2, 0.25) is 17.6 Å². The summed E-state index contributed by atoms with van der Waals surface area (Å²) in [4.78, 5) is 27.9. The van der Waals surface area contributed by atoms with Crippen LogP contribution in [0.5, 0.6) is 0 Å². The lowest BCUT2D eigenvalue weighted by atomic mass is 9.84. The molecule has 0 N–H and O–H groups in total. The van der Waals surface area contributed by atoms with E-state index in [9.17, 15) is 9.59 Å². The lowest BCUT2D eigenvalue weighted by Crippen LogP contribution is -2.60. The van der Waals surface area contributed by atoms with Crippen LogP contribution in [-0.2, 0) is 19.1 Å². The molecule has 2 aliphatic carbocycles. The Hall–Kier alpha value is -0.890. The van der Waals surface area contributed by atoms with Crippen molar-refractivity contribution in [2.24, 2.45) is 11.8 Å². The Morgan fingerprint density at radius 2 is 1.54 bits per heavy atom. The molecule has 2 bridgehead atoms. The van der Waals surface area contributed by atoms with Crippen molar-refractivity contribution in [1.82, 2.24) is 4.98 Å². The molecular formula is C16H12Cl4N2O4. The van der Waals surface area contributed by atoms with Crippen LogP contribution in [0.4, 0.5) is 5.69 Å². The third-order valence-corrected chi connectivity index (χ3v) is 8.04. The van der Waals surface area contributed by atoms with Gasteiger partial charge in [0.25, 0.3) is 0 Å². The number of nitrogens with zero attached hydrogens (tertiary/aromatic N) is 2. The van der Waals surface area contributed by atoms with Gasteiger partial charge in [0, 0.05) is 20.4 Å². The number of carbonyl (C=O) groups excluding carboxylic acids is 2. The monoisotopic (exact) mass is 436 g/mol. The first-order valence-corrected chi connectivity index (χ1v) is 9.07. The van der Waals surface area contributed by atoms with Gasteiger partial charge in [0.15, 0.2) is 0 Å². The molecule has 0 spiro atoms. The SMILES string of the molecule is COC1(OC)[C@@]2(Cl)C(Cl)=C(Cl)[C@@]1(Cl)[C@H]1C(=O)N(c3cccnc3)C(=O)[C@@H]12. The second-order valence-electron chi connectivity index (χ2n) is 6.25. The van der Waals surface area contributed by atoms with E-state index in [-0.39, 0.29) is 10.1 Å². The molecule has 4 atom stereocenters. The van der Waals surface area contributed by atoms with Crippen molar-refractivity contribution >= 4 is 63.9 Å². The molecule has 1 saturated heterocycles. The second-order valence-corrected chi connectivity index (χ2v) is 8.20. The predicted octanol–water partition coefficient (Wildman–Crippen LogP) is 2.85. The molecule has 1 aromatic rings. The normalized spacial score (nSPS) is 37.7. The summed E-state index contributed by atoms with van der Waals surface area (Å²) in [6.45, 7) is 0. The predicted molar refractivity (Wildman–Crippen MR) is 96.4 cm³/mol. The molecule has 26 heavy (non-hydrogen) atoms. The van der Waals surface area contributed by atoms with Crippen LogP contribution in [0, 0.1) is 11.8 Å². The molecule has 2 fully saturated rings. The third-order valence-electron chi connectivity index (χ3n) is 5.43. The molecule has 10 heteroatoms. The van der Waals surface area contributed by atoms with Crippen molar-refractivity contribution in [3.8, 4) is 0 Å². The molecule has 1 aromatic heterocycles. The molecule has 0 aromatic carbocycles. The number of alkyl halides is 2. The van der Waals surface area contributed by atoms with E-state index in [1.54, 1.807) is 12.1 Å². The Morgan fingerprint density at radius 1 is 1.04 bits per heavy atom. The number of hydrogen-bond acceptors (Lipinski definition) is 5. The van der Waals surface area contributed by atoms with E-state index < -0.39 is 39.2 Å². The van der Waals surface area contributed by atoms with Crippen molar-refractivity contribution in [2.75, 3.05) is 19.1 Å². The number of carbonyl (C=O) groups is 2. The third kappa shape index (κ3) is 1.64. The van der Waals surface area contributed by atoms with Crippen LogP contribution in [0.15, 0.2) is 34.6 Å². The summed E-state index contributed by atoms with van der Waals surface area (Å²) in [5.41, 5.74) is 0.310. The maximum absolute atomic E-state index is 13.2. The standard InChI is InChI=1S/C16H12Cl4N2O4/c1-25-16(26-2)14(19)8-9(15(16,20)11(18)10(14)17)13(24)22(12(8)23)7-4-3-5-21-6-7/h3-6,8-9H,1-2H3/t8-,9-,14+,15+/m1/s1.